The number of ether oxygens (including phenoxy) is 1. The quantitative estimate of drug-likeness (QED) is 0.474. The van der Waals surface area contributed by atoms with Gasteiger partial charge in [-0.2, -0.15) is 0 Å². The summed E-state index contributed by atoms with van der Waals surface area (Å²) in [6.07, 6.45) is 1.46. The molecule has 152 valence electrons. The first kappa shape index (κ1) is 19.8. The summed E-state index contributed by atoms with van der Waals surface area (Å²) in [6, 6.07) is 17.4. The highest BCUT2D eigenvalue weighted by atomic mass is 35.5. The third-order valence-corrected chi connectivity index (χ3v) is 4.82. The molecule has 0 fully saturated rings. The monoisotopic (exact) mass is 423 g/mol. The van der Waals surface area contributed by atoms with Crippen molar-refractivity contribution in [1.29, 1.82) is 0 Å². The average molecular weight is 424 g/mol. The molecule has 1 unspecified atom stereocenters. The van der Waals surface area contributed by atoms with Gasteiger partial charge in [-0.15, -0.1) is 0 Å². The van der Waals surface area contributed by atoms with Crippen molar-refractivity contribution in [2.24, 2.45) is 0 Å². The van der Waals surface area contributed by atoms with Crippen LogP contribution in [0.4, 0.5) is 0 Å². The molecule has 0 aliphatic rings. The van der Waals surface area contributed by atoms with E-state index in [1.54, 1.807) is 24.3 Å². The van der Waals surface area contributed by atoms with E-state index in [1.165, 1.54) is 12.3 Å². The van der Waals surface area contributed by atoms with Crippen LogP contribution in [0.3, 0.4) is 0 Å². The number of hydrogen-bond acceptors (Lipinski definition) is 5. The number of benzene rings is 2. The molecule has 0 radical (unpaired) electrons. The third kappa shape index (κ3) is 4.09. The summed E-state index contributed by atoms with van der Waals surface area (Å²) in [4.78, 5) is 25.4. The molecule has 7 heteroatoms. The minimum absolute atomic E-state index is 0.109. The van der Waals surface area contributed by atoms with Crippen LogP contribution in [0.1, 0.15) is 18.5 Å². The van der Waals surface area contributed by atoms with Crippen LogP contribution in [-0.4, -0.2) is 12.5 Å². The van der Waals surface area contributed by atoms with E-state index in [0.717, 1.165) is 5.56 Å². The first-order valence-electron chi connectivity index (χ1n) is 9.30. The average Bonchev–Trinajstić information content (AvgIpc) is 3.28. The van der Waals surface area contributed by atoms with E-state index in [0.29, 0.717) is 16.4 Å². The van der Waals surface area contributed by atoms with Gasteiger partial charge in [-0.3, -0.25) is 9.59 Å². The van der Waals surface area contributed by atoms with E-state index in [2.05, 4.69) is 5.32 Å². The second-order valence-electron chi connectivity index (χ2n) is 6.70. The minimum atomic E-state index is -0.436. The number of rotatable bonds is 6. The van der Waals surface area contributed by atoms with Crippen molar-refractivity contribution in [2.75, 3.05) is 6.61 Å². The zero-order valence-electron chi connectivity index (χ0n) is 16.1. The second-order valence-corrected chi connectivity index (χ2v) is 7.13. The Bertz CT molecular complexity index is 1230. The molecule has 0 saturated heterocycles. The molecule has 6 nitrogen and oxygen atoms in total. The maximum absolute atomic E-state index is 13.0. The number of carbonyl (C=O) groups excluding carboxylic acids is 1. The molecule has 2 heterocycles. The predicted octanol–water partition coefficient (Wildman–Crippen LogP) is 4.96. The molecule has 0 aliphatic carbocycles. The number of halogens is 1. The minimum Gasteiger partial charge on any atom is -0.476 e. The van der Waals surface area contributed by atoms with Crippen molar-refractivity contribution in [2.45, 2.75) is 13.0 Å². The van der Waals surface area contributed by atoms with Gasteiger partial charge in [0.2, 0.25) is 16.9 Å². The van der Waals surface area contributed by atoms with Gasteiger partial charge in [0.05, 0.1) is 17.7 Å². The number of hydrogen-bond donors (Lipinski definition) is 1. The molecule has 0 aliphatic heterocycles. The highest BCUT2D eigenvalue weighted by Gasteiger charge is 2.21. The molecule has 0 spiro atoms. The van der Waals surface area contributed by atoms with Crippen molar-refractivity contribution in [3.05, 3.63) is 87.7 Å². The van der Waals surface area contributed by atoms with Crippen LogP contribution in [0.25, 0.3) is 22.5 Å². The summed E-state index contributed by atoms with van der Waals surface area (Å²) in [5, 5.41) is 3.49. The lowest BCUT2D eigenvalue weighted by molar-refractivity contribution is -0.123. The number of nitrogens with one attached hydrogen (secondary N) is 1. The molecular weight excluding hydrogens is 406 g/mol. The Balaban J connectivity index is 1.61. The largest absolute Gasteiger partial charge is 0.476 e. The van der Waals surface area contributed by atoms with Gasteiger partial charge in [0, 0.05) is 5.02 Å². The van der Waals surface area contributed by atoms with Crippen LogP contribution in [0.15, 0.2) is 80.6 Å². The van der Waals surface area contributed by atoms with Crippen LogP contribution in [-0.2, 0) is 4.79 Å². The molecular formula is C23H18ClNO5. The van der Waals surface area contributed by atoms with Crippen molar-refractivity contribution in [3.63, 3.8) is 0 Å². The number of fused-ring (bicyclic) bond motifs is 1. The Morgan fingerprint density at radius 2 is 1.93 bits per heavy atom. The number of carbonyl (C=O) groups is 1. The van der Waals surface area contributed by atoms with Crippen molar-refractivity contribution in [3.8, 4) is 17.3 Å². The Morgan fingerprint density at radius 1 is 1.13 bits per heavy atom. The zero-order chi connectivity index (χ0) is 21.1. The molecule has 1 amide bonds. The molecule has 30 heavy (non-hydrogen) atoms. The SMILES string of the molecule is CC(NC(=O)COc1c(-c2ccco2)oc2ccc(Cl)cc2c1=O)c1ccccc1. The molecule has 1 N–H and O–H groups in total. The summed E-state index contributed by atoms with van der Waals surface area (Å²) in [7, 11) is 0. The molecule has 4 rings (SSSR count). The molecule has 1 atom stereocenters. The summed E-state index contributed by atoms with van der Waals surface area (Å²) < 4.78 is 16.8. The first-order valence-corrected chi connectivity index (χ1v) is 9.68. The summed E-state index contributed by atoms with van der Waals surface area (Å²) in [5.74, 6) is -0.0506. The fourth-order valence-corrected chi connectivity index (χ4v) is 3.27. The van der Waals surface area contributed by atoms with Crippen molar-refractivity contribution in [1.82, 2.24) is 5.32 Å². The van der Waals surface area contributed by atoms with Gasteiger partial charge in [-0.1, -0.05) is 41.9 Å². The van der Waals surface area contributed by atoms with E-state index in [1.807, 2.05) is 37.3 Å². The molecule has 2 aromatic carbocycles. The van der Waals surface area contributed by atoms with Gasteiger partial charge in [-0.25, -0.2) is 0 Å². The fraction of sp³-hybridized carbons (Fsp3) is 0.130. The summed E-state index contributed by atoms with van der Waals surface area (Å²) in [5.41, 5.74) is 0.862. The van der Waals surface area contributed by atoms with Gasteiger partial charge in [0.1, 0.15) is 5.58 Å². The number of furan rings is 1. The van der Waals surface area contributed by atoms with Gasteiger partial charge >= 0.3 is 0 Å². The Morgan fingerprint density at radius 3 is 2.67 bits per heavy atom. The van der Waals surface area contributed by atoms with Gasteiger partial charge in [-0.05, 0) is 42.8 Å². The van der Waals surface area contributed by atoms with E-state index < -0.39 is 5.43 Å². The topological polar surface area (TPSA) is 81.7 Å². The van der Waals surface area contributed by atoms with Gasteiger partial charge in [0.15, 0.2) is 12.4 Å². The van der Waals surface area contributed by atoms with Crippen LogP contribution in [0, 0.1) is 0 Å². The van der Waals surface area contributed by atoms with E-state index in [-0.39, 0.29) is 35.5 Å². The Hall–Kier alpha value is -3.51. The smallest absolute Gasteiger partial charge is 0.258 e. The lowest BCUT2D eigenvalue weighted by Crippen LogP contribution is -2.32. The molecule has 4 aromatic rings. The Kier molecular flexibility index (Phi) is 5.59. The molecule has 2 aromatic heterocycles. The van der Waals surface area contributed by atoms with E-state index in [4.69, 9.17) is 25.2 Å². The van der Waals surface area contributed by atoms with Gasteiger partial charge < -0.3 is 18.9 Å². The summed E-state index contributed by atoms with van der Waals surface area (Å²) >= 11 is 6.02. The lowest BCUT2D eigenvalue weighted by atomic mass is 10.1. The van der Waals surface area contributed by atoms with Crippen LogP contribution >= 0.6 is 11.6 Å². The first-order chi connectivity index (χ1) is 14.5. The highest BCUT2D eigenvalue weighted by Crippen LogP contribution is 2.32. The normalized spacial score (nSPS) is 11.9. The second kappa shape index (κ2) is 8.47. The lowest BCUT2D eigenvalue weighted by Gasteiger charge is -2.15. The maximum atomic E-state index is 13.0. The maximum Gasteiger partial charge on any atom is 0.258 e. The van der Waals surface area contributed by atoms with E-state index >= 15 is 0 Å². The van der Waals surface area contributed by atoms with E-state index in [9.17, 15) is 9.59 Å². The molecule has 0 saturated carbocycles. The van der Waals surface area contributed by atoms with Crippen molar-refractivity contribution < 1.29 is 18.4 Å². The van der Waals surface area contributed by atoms with Crippen LogP contribution < -0.4 is 15.5 Å². The molecule has 0 bridgehead atoms. The summed E-state index contributed by atoms with van der Waals surface area (Å²) in [6.45, 7) is 1.51. The predicted molar refractivity (Wildman–Crippen MR) is 114 cm³/mol. The van der Waals surface area contributed by atoms with Gasteiger partial charge in [0.25, 0.3) is 5.91 Å². The zero-order valence-corrected chi connectivity index (χ0v) is 16.8. The van der Waals surface area contributed by atoms with Crippen molar-refractivity contribution >= 4 is 28.5 Å². The fourth-order valence-electron chi connectivity index (χ4n) is 3.10. The van der Waals surface area contributed by atoms with Crippen LogP contribution in [0.5, 0.6) is 5.75 Å². The highest BCUT2D eigenvalue weighted by molar-refractivity contribution is 6.31. The van der Waals surface area contributed by atoms with Crippen LogP contribution in [0.2, 0.25) is 5.02 Å². The Labute approximate surface area is 177 Å². The third-order valence-electron chi connectivity index (χ3n) is 4.58. The number of amides is 1. The standard InChI is InChI=1S/C23H18ClNO5/c1-14(15-6-3-2-4-7-15)25-20(26)13-29-23-21(27)17-12-16(24)9-10-18(17)30-22(23)19-8-5-11-28-19/h2-12,14H,13H2,1H3,(H,25,26).